The molecule has 0 aliphatic heterocycles. The van der Waals surface area contributed by atoms with Crippen molar-refractivity contribution >= 4 is 11.6 Å². The Labute approximate surface area is 186 Å². The largest absolute Gasteiger partial charge is 0.484 e. The number of aryl methyl sites for hydroxylation is 2. The Morgan fingerprint density at radius 2 is 1.66 bits per heavy atom. The van der Waals surface area contributed by atoms with Crippen molar-refractivity contribution in [2.24, 2.45) is 0 Å². The van der Waals surface area contributed by atoms with Crippen LogP contribution < -0.4 is 14.8 Å². The van der Waals surface area contributed by atoms with Crippen molar-refractivity contribution in [1.82, 2.24) is 14.8 Å². The number of ether oxygens (including phenoxy) is 2. The summed E-state index contributed by atoms with van der Waals surface area (Å²) in [6, 6.07) is 20.6. The summed E-state index contributed by atoms with van der Waals surface area (Å²) in [6.45, 7) is 5.72. The molecule has 0 fully saturated rings. The lowest BCUT2D eigenvalue weighted by atomic mass is 10.2. The van der Waals surface area contributed by atoms with Crippen molar-refractivity contribution < 1.29 is 14.3 Å². The molecule has 4 rings (SSSR count). The summed E-state index contributed by atoms with van der Waals surface area (Å²) < 4.78 is 13.1. The molecule has 0 bridgehead atoms. The van der Waals surface area contributed by atoms with Gasteiger partial charge in [-0.25, -0.2) is 9.67 Å². The number of pyridine rings is 1. The molecule has 162 valence electrons. The second kappa shape index (κ2) is 9.34. The first-order chi connectivity index (χ1) is 15.5. The van der Waals surface area contributed by atoms with Crippen molar-refractivity contribution in [2.75, 3.05) is 11.9 Å². The molecule has 0 unspecified atom stereocenters. The van der Waals surface area contributed by atoms with E-state index >= 15 is 0 Å². The molecule has 0 saturated carbocycles. The number of nitrogens with one attached hydrogen (secondary N) is 1. The molecule has 1 amide bonds. The molecule has 7 nitrogen and oxygen atoms in total. The van der Waals surface area contributed by atoms with Gasteiger partial charge in [0.25, 0.3) is 5.91 Å². The molecular formula is C25H24N4O3. The smallest absolute Gasteiger partial charge is 0.262 e. The van der Waals surface area contributed by atoms with E-state index in [1.165, 1.54) is 5.56 Å². The van der Waals surface area contributed by atoms with Crippen LogP contribution in [-0.2, 0) is 4.79 Å². The minimum Gasteiger partial charge on any atom is -0.484 e. The summed E-state index contributed by atoms with van der Waals surface area (Å²) in [7, 11) is 0. The minimum atomic E-state index is -0.256. The van der Waals surface area contributed by atoms with E-state index in [-0.39, 0.29) is 12.5 Å². The second-order valence-electron chi connectivity index (χ2n) is 7.37. The van der Waals surface area contributed by atoms with Crippen LogP contribution in [0.4, 0.5) is 5.69 Å². The van der Waals surface area contributed by atoms with Crippen LogP contribution in [0.5, 0.6) is 17.4 Å². The lowest BCUT2D eigenvalue weighted by Gasteiger charge is -2.09. The first-order valence-electron chi connectivity index (χ1n) is 10.2. The maximum atomic E-state index is 12.5. The van der Waals surface area contributed by atoms with Gasteiger partial charge in [0.2, 0.25) is 5.88 Å². The van der Waals surface area contributed by atoms with Gasteiger partial charge < -0.3 is 14.8 Å². The highest BCUT2D eigenvalue weighted by molar-refractivity contribution is 5.93. The third-order valence-corrected chi connectivity index (χ3v) is 4.89. The van der Waals surface area contributed by atoms with Gasteiger partial charge in [-0.15, -0.1) is 0 Å². The number of hydrogen-bond acceptors (Lipinski definition) is 5. The van der Waals surface area contributed by atoms with Crippen LogP contribution in [0.3, 0.4) is 0 Å². The van der Waals surface area contributed by atoms with Crippen molar-refractivity contribution in [1.29, 1.82) is 0 Å². The number of anilines is 1. The van der Waals surface area contributed by atoms with Crippen LogP contribution in [0.1, 0.15) is 17.0 Å². The highest BCUT2D eigenvalue weighted by atomic mass is 16.5. The van der Waals surface area contributed by atoms with Gasteiger partial charge in [-0.05, 0) is 63.2 Å². The Morgan fingerprint density at radius 3 is 2.34 bits per heavy atom. The Kier molecular flexibility index (Phi) is 6.17. The van der Waals surface area contributed by atoms with Gasteiger partial charge in [0.15, 0.2) is 6.61 Å². The third-order valence-electron chi connectivity index (χ3n) is 4.89. The average Bonchev–Trinajstić information content (AvgIpc) is 3.08. The molecular weight excluding hydrogens is 404 g/mol. The molecule has 2 aromatic carbocycles. The van der Waals surface area contributed by atoms with E-state index < -0.39 is 0 Å². The Hall–Kier alpha value is -4.13. The van der Waals surface area contributed by atoms with Crippen LogP contribution >= 0.6 is 0 Å². The van der Waals surface area contributed by atoms with E-state index in [1.807, 2.05) is 61.9 Å². The molecule has 4 aromatic rings. The predicted octanol–water partition coefficient (Wildman–Crippen LogP) is 5.00. The third kappa shape index (κ3) is 4.95. The van der Waals surface area contributed by atoms with Crippen LogP contribution in [-0.4, -0.2) is 27.3 Å². The van der Waals surface area contributed by atoms with Crippen LogP contribution in [0.15, 0.2) is 72.9 Å². The van der Waals surface area contributed by atoms with Crippen LogP contribution in [0.25, 0.3) is 5.69 Å². The normalized spacial score (nSPS) is 10.6. The van der Waals surface area contributed by atoms with Gasteiger partial charge in [-0.3, -0.25) is 4.79 Å². The number of rotatable bonds is 7. The molecule has 0 saturated heterocycles. The lowest BCUT2D eigenvalue weighted by Crippen LogP contribution is -2.20. The number of carbonyl (C=O) groups excluding carboxylic acids is 1. The molecule has 0 spiro atoms. The minimum absolute atomic E-state index is 0.116. The van der Waals surface area contributed by atoms with E-state index in [0.29, 0.717) is 23.1 Å². The molecule has 0 atom stereocenters. The summed E-state index contributed by atoms with van der Waals surface area (Å²) in [6.07, 6.45) is 1.67. The van der Waals surface area contributed by atoms with Gasteiger partial charge in [0.1, 0.15) is 11.5 Å². The summed E-state index contributed by atoms with van der Waals surface area (Å²) in [5.74, 6) is 1.46. The van der Waals surface area contributed by atoms with Gasteiger partial charge >= 0.3 is 0 Å². The number of nitrogens with zero attached hydrogens (tertiary/aromatic N) is 3. The van der Waals surface area contributed by atoms with Crippen LogP contribution in [0, 0.1) is 20.8 Å². The molecule has 0 radical (unpaired) electrons. The first kappa shape index (κ1) is 21.1. The molecule has 2 heterocycles. The Morgan fingerprint density at radius 1 is 0.938 bits per heavy atom. The number of aromatic nitrogens is 3. The Bertz CT molecular complexity index is 1200. The van der Waals surface area contributed by atoms with E-state index in [4.69, 9.17) is 9.47 Å². The Balaban J connectivity index is 1.35. The molecule has 0 aliphatic rings. The number of hydrogen-bond donors (Lipinski definition) is 1. The van der Waals surface area contributed by atoms with Gasteiger partial charge in [0, 0.05) is 12.3 Å². The number of amides is 1. The average molecular weight is 428 g/mol. The van der Waals surface area contributed by atoms with Crippen molar-refractivity contribution in [2.45, 2.75) is 20.8 Å². The molecule has 7 heteroatoms. The highest BCUT2D eigenvalue weighted by Gasteiger charge is 2.15. The van der Waals surface area contributed by atoms with Crippen molar-refractivity contribution in [3.63, 3.8) is 0 Å². The second-order valence-corrected chi connectivity index (χ2v) is 7.37. The fourth-order valence-corrected chi connectivity index (χ4v) is 3.22. The fourth-order valence-electron chi connectivity index (χ4n) is 3.22. The van der Waals surface area contributed by atoms with E-state index in [9.17, 15) is 4.79 Å². The van der Waals surface area contributed by atoms with E-state index in [2.05, 4.69) is 15.4 Å². The predicted molar refractivity (Wildman–Crippen MR) is 123 cm³/mol. The van der Waals surface area contributed by atoms with E-state index in [1.54, 1.807) is 36.5 Å². The van der Waals surface area contributed by atoms with Crippen molar-refractivity contribution in [3.8, 4) is 23.1 Å². The number of carbonyl (C=O) groups is 1. The summed E-state index contributed by atoms with van der Waals surface area (Å²) >= 11 is 0. The van der Waals surface area contributed by atoms with E-state index in [0.717, 1.165) is 17.1 Å². The molecule has 0 aliphatic carbocycles. The van der Waals surface area contributed by atoms with Gasteiger partial charge in [-0.1, -0.05) is 23.8 Å². The summed E-state index contributed by atoms with van der Waals surface area (Å²) in [5.41, 5.74) is 4.42. The van der Waals surface area contributed by atoms with Crippen molar-refractivity contribution in [3.05, 3.63) is 89.9 Å². The molecule has 1 N–H and O–H groups in total. The van der Waals surface area contributed by atoms with Crippen LogP contribution in [0.2, 0.25) is 0 Å². The van der Waals surface area contributed by atoms with Gasteiger partial charge in [-0.2, -0.15) is 5.10 Å². The quantitative estimate of drug-likeness (QED) is 0.448. The zero-order valence-corrected chi connectivity index (χ0v) is 18.2. The molecule has 2 aromatic heterocycles. The fraction of sp³-hybridized carbons (Fsp3) is 0.160. The molecule has 32 heavy (non-hydrogen) atoms. The zero-order chi connectivity index (χ0) is 22.5. The SMILES string of the molecule is Cc1ccc(-n2nc(C)c(NC(=O)COc3ccc(Oc4ccccn4)cc3)c2C)cc1. The standard InChI is InChI=1S/C25H24N4O3/c1-17-7-9-20(10-8-17)29-19(3)25(18(2)28-29)27-23(30)16-31-21-11-13-22(14-12-21)32-24-6-4-5-15-26-24/h4-15H,16H2,1-3H3,(H,27,30). The van der Waals surface area contributed by atoms with Gasteiger partial charge in [0.05, 0.1) is 22.8 Å². The first-order valence-corrected chi connectivity index (χ1v) is 10.2. The highest BCUT2D eigenvalue weighted by Crippen LogP contribution is 2.24. The topological polar surface area (TPSA) is 78.3 Å². The maximum absolute atomic E-state index is 12.5. The monoisotopic (exact) mass is 428 g/mol. The zero-order valence-electron chi connectivity index (χ0n) is 18.2. The number of benzene rings is 2. The lowest BCUT2D eigenvalue weighted by molar-refractivity contribution is -0.118. The summed E-state index contributed by atoms with van der Waals surface area (Å²) in [4.78, 5) is 16.6. The maximum Gasteiger partial charge on any atom is 0.262 e. The summed E-state index contributed by atoms with van der Waals surface area (Å²) in [5, 5.41) is 7.48.